The molecule has 25 heavy (non-hydrogen) atoms. The minimum atomic E-state index is 1.19. The summed E-state index contributed by atoms with van der Waals surface area (Å²) in [4.78, 5) is 0. The Hall–Kier alpha value is -2.00. The van der Waals surface area contributed by atoms with Crippen LogP contribution in [0.25, 0.3) is 10.8 Å². The molecule has 0 aliphatic heterocycles. The molecule has 0 atom stereocenters. The van der Waals surface area contributed by atoms with E-state index in [1.54, 1.807) is 0 Å². The van der Waals surface area contributed by atoms with Crippen LogP contribution in [-0.4, -0.2) is 0 Å². The fraction of sp³-hybridized carbons (Fsp3) is 0.440. The number of hydrogen-bond acceptors (Lipinski definition) is 0. The summed E-state index contributed by atoms with van der Waals surface area (Å²) < 4.78 is 0. The first-order valence-corrected chi connectivity index (χ1v) is 9.51. The standard InChI is InChI=1S/C13H14.C8H16.C2H6.C2H2/c1-9-8-10(2)12-6-4-5-7-13(12)11(9)3;1-3-5-7-8-6-4-2;2*1-2/h4-8H,1-3H3;3H,1,4-8H2,2H3;1-2H3;1-2H. The zero-order valence-electron chi connectivity index (χ0n) is 17.4. The van der Waals surface area contributed by atoms with Gasteiger partial charge in [-0.1, -0.05) is 76.4 Å². The van der Waals surface area contributed by atoms with Gasteiger partial charge in [0, 0.05) is 0 Å². The maximum absolute atomic E-state index is 4.00. The highest BCUT2D eigenvalue weighted by atomic mass is 14.1. The number of rotatable bonds is 5. The molecule has 0 saturated carbocycles. The van der Waals surface area contributed by atoms with Crippen LogP contribution in [0.4, 0.5) is 0 Å². The minimum absolute atomic E-state index is 1.19. The molecule has 0 aromatic heterocycles. The summed E-state index contributed by atoms with van der Waals surface area (Å²) in [7, 11) is 0. The molecule has 0 spiro atoms. The van der Waals surface area contributed by atoms with Crippen molar-refractivity contribution in [2.24, 2.45) is 0 Å². The predicted octanol–water partition coefficient (Wildman–Crippen LogP) is 8.18. The van der Waals surface area contributed by atoms with Crippen LogP contribution in [0, 0.1) is 33.6 Å². The molecule has 0 N–H and O–H groups in total. The average molecular weight is 339 g/mol. The lowest BCUT2D eigenvalue weighted by Gasteiger charge is -2.08. The number of unbranched alkanes of at least 4 members (excludes halogenated alkanes) is 4. The summed E-state index contributed by atoms with van der Waals surface area (Å²) in [6.07, 6.45) is 16.6. The van der Waals surface area contributed by atoms with Crippen molar-refractivity contribution in [3.8, 4) is 12.8 Å². The summed E-state index contributed by atoms with van der Waals surface area (Å²) in [6, 6.07) is 10.9. The van der Waals surface area contributed by atoms with Gasteiger partial charge in [0.1, 0.15) is 0 Å². The van der Waals surface area contributed by atoms with Crippen molar-refractivity contribution in [1.82, 2.24) is 0 Å². The highest BCUT2D eigenvalue weighted by Crippen LogP contribution is 2.24. The highest BCUT2D eigenvalue weighted by molar-refractivity contribution is 5.89. The summed E-state index contributed by atoms with van der Waals surface area (Å²) in [5, 5.41) is 2.77. The van der Waals surface area contributed by atoms with E-state index >= 15 is 0 Å². The summed E-state index contributed by atoms with van der Waals surface area (Å²) >= 11 is 0. The lowest BCUT2D eigenvalue weighted by Crippen LogP contribution is -1.86. The summed E-state index contributed by atoms with van der Waals surface area (Å²) in [6.45, 7) is 16.4. The van der Waals surface area contributed by atoms with Gasteiger partial charge in [-0.15, -0.1) is 19.4 Å². The van der Waals surface area contributed by atoms with E-state index in [1.807, 2.05) is 19.9 Å². The maximum Gasteiger partial charge on any atom is -0.0149 e. The third kappa shape index (κ3) is 9.78. The molecule has 0 fully saturated rings. The smallest absolute Gasteiger partial charge is 0.0149 e. The van der Waals surface area contributed by atoms with E-state index in [1.165, 1.54) is 59.6 Å². The van der Waals surface area contributed by atoms with E-state index in [0.29, 0.717) is 0 Å². The van der Waals surface area contributed by atoms with Gasteiger partial charge in [-0.05, 0) is 61.1 Å². The van der Waals surface area contributed by atoms with Crippen molar-refractivity contribution in [3.05, 3.63) is 59.7 Å². The molecule has 0 heterocycles. The molecule has 0 nitrogen and oxygen atoms in total. The SMILES string of the molecule is C#C.C=CCCCCCC.CC.Cc1cc(C)c2ccccc2c1C. The average Bonchev–Trinajstić information content (AvgIpc) is 2.67. The van der Waals surface area contributed by atoms with E-state index in [2.05, 4.69) is 77.5 Å². The number of fused-ring (bicyclic) bond motifs is 1. The quantitative estimate of drug-likeness (QED) is 0.293. The number of aryl methyl sites for hydroxylation is 3. The molecule has 0 aliphatic rings. The van der Waals surface area contributed by atoms with Gasteiger partial charge in [-0.3, -0.25) is 0 Å². The third-order valence-corrected chi connectivity index (χ3v) is 4.04. The molecule has 0 bridgehead atoms. The molecule has 0 amide bonds. The predicted molar refractivity (Wildman–Crippen MR) is 118 cm³/mol. The van der Waals surface area contributed by atoms with E-state index in [0.717, 1.165) is 0 Å². The van der Waals surface area contributed by atoms with Crippen LogP contribution in [0.3, 0.4) is 0 Å². The van der Waals surface area contributed by atoms with Crippen LogP contribution < -0.4 is 0 Å². The third-order valence-electron chi connectivity index (χ3n) is 4.04. The molecule has 2 aromatic carbocycles. The normalized spacial score (nSPS) is 8.80. The van der Waals surface area contributed by atoms with Gasteiger partial charge in [0.25, 0.3) is 0 Å². The Morgan fingerprint density at radius 1 is 0.880 bits per heavy atom. The van der Waals surface area contributed by atoms with Gasteiger partial charge < -0.3 is 0 Å². The Bertz CT molecular complexity index is 602. The monoisotopic (exact) mass is 338 g/mol. The topological polar surface area (TPSA) is 0 Å². The van der Waals surface area contributed by atoms with Crippen molar-refractivity contribution in [2.75, 3.05) is 0 Å². The molecule has 2 aromatic rings. The van der Waals surface area contributed by atoms with Crippen LogP contribution in [0.15, 0.2) is 43.0 Å². The van der Waals surface area contributed by atoms with Gasteiger partial charge >= 0.3 is 0 Å². The van der Waals surface area contributed by atoms with Crippen LogP contribution in [0.2, 0.25) is 0 Å². The first-order chi connectivity index (χ1) is 12.1. The van der Waals surface area contributed by atoms with Gasteiger partial charge in [-0.25, -0.2) is 0 Å². The Morgan fingerprint density at radius 3 is 1.96 bits per heavy atom. The second-order valence-corrected chi connectivity index (χ2v) is 5.82. The van der Waals surface area contributed by atoms with Crippen LogP contribution in [0.1, 0.15) is 69.6 Å². The van der Waals surface area contributed by atoms with Crippen molar-refractivity contribution in [2.45, 2.75) is 73.6 Å². The zero-order chi connectivity index (χ0) is 19.7. The second-order valence-electron chi connectivity index (χ2n) is 5.82. The maximum atomic E-state index is 4.00. The molecule has 0 unspecified atom stereocenters. The lowest BCUT2D eigenvalue weighted by molar-refractivity contribution is 0.675. The van der Waals surface area contributed by atoms with Gasteiger partial charge in [0.15, 0.2) is 0 Å². The Labute approximate surface area is 157 Å². The Kier molecular flexibility index (Phi) is 17.0. The van der Waals surface area contributed by atoms with Crippen molar-refractivity contribution < 1.29 is 0 Å². The minimum Gasteiger partial charge on any atom is -0.124 e. The molecular formula is C25H38. The fourth-order valence-electron chi connectivity index (χ4n) is 2.59. The molecule has 2 rings (SSSR count). The van der Waals surface area contributed by atoms with E-state index < -0.39 is 0 Å². The summed E-state index contributed by atoms with van der Waals surface area (Å²) in [5.41, 5.74) is 4.16. The Balaban J connectivity index is 0. The molecule has 138 valence electrons. The van der Waals surface area contributed by atoms with E-state index in [-0.39, 0.29) is 0 Å². The Morgan fingerprint density at radius 2 is 1.44 bits per heavy atom. The van der Waals surface area contributed by atoms with Crippen molar-refractivity contribution in [1.29, 1.82) is 0 Å². The van der Waals surface area contributed by atoms with E-state index in [4.69, 9.17) is 0 Å². The number of hydrogen-bond donors (Lipinski definition) is 0. The number of terminal acetylenes is 1. The van der Waals surface area contributed by atoms with Gasteiger partial charge in [0.2, 0.25) is 0 Å². The number of allylic oxidation sites excluding steroid dienone is 1. The number of benzene rings is 2. The fourth-order valence-corrected chi connectivity index (χ4v) is 2.59. The molecule has 0 radical (unpaired) electrons. The first kappa shape index (κ1) is 25.2. The molecule has 0 aliphatic carbocycles. The molecular weight excluding hydrogens is 300 g/mol. The molecule has 0 saturated heterocycles. The van der Waals surface area contributed by atoms with Gasteiger partial charge in [0.05, 0.1) is 0 Å². The van der Waals surface area contributed by atoms with Crippen molar-refractivity contribution in [3.63, 3.8) is 0 Å². The lowest BCUT2D eigenvalue weighted by atomic mass is 9.97. The van der Waals surface area contributed by atoms with E-state index in [9.17, 15) is 0 Å². The first-order valence-electron chi connectivity index (χ1n) is 9.51. The van der Waals surface area contributed by atoms with Crippen molar-refractivity contribution >= 4 is 10.8 Å². The van der Waals surface area contributed by atoms with Crippen LogP contribution in [0.5, 0.6) is 0 Å². The zero-order valence-corrected chi connectivity index (χ0v) is 17.4. The van der Waals surface area contributed by atoms with Crippen LogP contribution >= 0.6 is 0 Å². The second kappa shape index (κ2) is 16.8. The summed E-state index contributed by atoms with van der Waals surface area (Å²) in [5.74, 6) is 0. The van der Waals surface area contributed by atoms with Crippen LogP contribution in [-0.2, 0) is 0 Å². The highest BCUT2D eigenvalue weighted by Gasteiger charge is 2.01. The van der Waals surface area contributed by atoms with Gasteiger partial charge in [-0.2, -0.15) is 0 Å². The molecule has 0 heteroatoms. The largest absolute Gasteiger partial charge is 0.124 e.